The molecular weight excluding hydrogens is 430 g/mol. The van der Waals surface area contributed by atoms with Crippen LogP contribution in [0.1, 0.15) is 11.5 Å². The maximum atomic E-state index is 12.8. The van der Waals surface area contributed by atoms with Gasteiger partial charge in [-0.05, 0) is 48.9 Å². The molecule has 142 valence electrons. The van der Waals surface area contributed by atoms with E-state index < -0.39 is 10.0 Å². The van der Waals surface area contributed by atoms with Gasteiger partial charge in [0.05, 0.1) is 11.4 Å². The number of halogens is 1. The normalized spacial score (nSPS) is 16.8. The number of rotatable bonds is 4. The van der Waals surface area contributed by atoms with Gasteiger partial charge in [0.2, 0.25) is 15.9 Å². The van der Waals surface area contributed by atoms with Crippen LogP contribution in [0.25, 0.3) is 11.1 Å². The van der Waals surface area contributed by atoms with Gasteiger partial charge in [0, 0.05) is 30.7 Å². The van der Waals surface area contributed by atoms with Crippen molar-refractivity contribution < 1.29 is 12.8 Å². The summed E-state index contributed by atoms with van der Waals surface area (Å²) < 4.78 is 33.8. The van der Waals surface area contributed by atoms with Crippen molar-refractivity contribution in [1.29, 1.82) is 0 Å². The lowest BCUT2D eigenvalue weighted by molar-refractivity contribution is 0.169. The summed E-state index contributed by atoms with van der Waals surface area (Å²) in [6.07, 6.45) is 0. The second-order valence-corrected chi connectivity index (χ2v) is 9.57. The van der Waals surface area contributed by atoms with Crippen LogP contribution >= 0.6 is 15.9 Å². The Labute approximate surface area is 167 Å². The van der Waals surface area contributed by atoms with Crippen molar-refractivity contribution in [3.63, 3.8) is 0 Å². The van der Waals surface area contributed by atoms with Gasteiger partial charge < -0.3 is 4.42 Å². The molecule has 0 unspecified atom stereocenters. The van der Waals surface area contributed by atoms with Gasteiger partial charge in [-0.2, -0.15) is 4.31 Å². The molecule has 1 aliphatic rings. The molecule has 1 aromatic heterocycles. The Kier molecular flexibility index (Phi) is 5.07. The van der Waals surface area contributed by atoms with E-state index in [0.717, 1.165) is 21.1 Å². The Morgan fingerprint density at radius 3 is 2.48 bits per heavy atom. The first-order valence-corrected chi connectivity index (χ1v) is 11.0. The van der Waals surface area contributed by atoms with Crippen molar-refractivity contribution in [2.75, 3.05) is 26.2 Å². The van der Waals surface area contributed by atoms with Gasteiger partial charge in [0.15, 0.2) is 5.58 Å². The van der Waals surface area contributed by atoms with Crippen molar-refractivity contribution >= 4 is 37.1 Å². The Balaban J connectivity index is 1.41. The highest BCUT2D eigenvalue weighted by Gasteiger charge is 2.28. The lowest BCUT2D eigenvalue weighted by atomic mass is 10.2. The number of piperazine rings is 1. The third kappa shape index (κ3) is 3.94. The number of sulfonamides is 1. The summed E-state index contributed by atoms with van der Waals surface area (Å²) in [4.78, 5) is 7.03. The van der Waals surface area contributed by atoms with E-state index in [4.69, 9.17) is 4.42 Å². The molecule has 4 rings (SSSR count). The summed E-state index contributed by atoms with van der Waals surface area (Å²) in [6.45, 7) is 4.81. The third-order valence-corrected chi connectivity index (χ3v) is 7.17. The minimum atomic E-state index is -3.45. The predicted octanol–water partition coefficient (Wildman–Crippen LogP) is 3.41. The van der Waals surface area contributed by atoms with Gasteiger partial charge in [0.1, 0.15) is 5.52 Å². The zero-order valence-electron chi connectivity index (χ0n) is 14.9. The molecule has 0 radical (unpaired) electrons. The third-order valence-electron chi connectivity index (χ3n) is 4.73. The van der Waals surface area contributed by atoms with E-state index in [1.54, 1.807) is 28.6 Å². The monoisotopic (exact) mass is 449 g/mol. The lowest BCUT2D eigenvalue weighted by Crippen LogP contribution is -2.48. The van der Waals surface area contributed by atoms with Gasteiger partial charge in [0.25, 0.3) is 0 Å². The Hall–Kier alpha value is -1.74. The highest BCUT2D eigenvalue weighted by Crippen LogP contribution is 2.22. The fourth-order valence-electron chi connectivity index (χ4n) is 3.22. The Bertz CT molecular complexity index is 1060. The summed E-state index contributed by atoms with van der Waals surface area (Å²) in [7, 11) is -3.45. The summed E-state index contributed by atoms with van der Waals surface area (Å²) in [5.41, 5.74) is 2.78. The standard InChI is InChI=1S/C19H20BrN3O3S/c1-14-2-7-17-18(12-14)26-19(21-17)13-22-8-10-23(11-9-22)27(24,25)16-5-3-15(20)4-6-16/h2-7,12H,8-11,13H2,1H3. The van der Waals surface area contributed by atoms with Crippen LogP contribution < -0.4 is 0 Å². The molecule has 0 amide bonds. The van der Waals surface area contributed by atoms with E-state index in [2.05, 4.69) is 25.8 Å². The first kappa shape index (κ1) is 18.6. The summed E-state index contributed by atoms with van der Waals surface area (Å²) >= 11 is 3.33. The SMILES string of the molecule is Cc1ccc2nc(CN3CCN(S(=O)(=O)c4ccc(Br)cc4)CC3)oc2c1. The number of nitrogens with zero attached hydrogens (tertiary/aromatic N) is 3. The van der Waals surface area contributed by atoms with Crippen molar-refractivity contribution in [1.82, 2.24) is 14.2 Å². The number of hydrogen-bond donors (Lipinski definition) is 0. The Morgan fingerprint density at radius 1 is 1.07 bits per heavy atom. The van der Waals surface area contributed by atoms with E-state index in [-0.39, 0.29) is 0 Å². The van der Waals surface area contributed by atoms with Gasteiger partial charge >= 0.3 is 0 Å². The summed E-state index contributed by atoms with van der Waals surface area (Å²) in [5, 5.41) is 0. The molecule has 0 spiro atoms. The molecule has 1 saturated heterocycles. The number of hydrogen-bond acceptors (Lipinski definition) is 5. The van der Waals surface area contributed by atoms with E-state index in [9.17, 15) is 8.42 Å². The minimum Gasteiger partial charge on any atom is -0.439 e. The average molecular weight is 450 g/mol. The zero-order chi connectivity index (χ0) is 19.0. The largest absolute Gasteiger partial charge is 0.439 e. The molecule has 3 aromatic rings. The molecule has 1 aliphatic heterocycles. The first-order valence-electron chi connectivity index (χ1n) is 8.76. The van der Waals surface area contributed by atoms with Gasteiger partial charge in [-0.3, -0.25) is 4.90 Å². The molecule has 0 saturated carbocycles. The Morgan fingerprint density at radius 2 is 1.78 bits per heavy atom. The maximum absolute atomic E-state index is 12.8. The topological polar surface area (TPSA) is 66.7 Å². The van der Waals surface area contributed by atoms with Crippen LogP contribution in [0.3, 0.4) is 0 Å². The van der Waals surface area contributed by atoms with Crippen LogP contribution in [-0.4, -0.2) is 48.8 Å². The quantitative estimate of drug-likeness (QED) is 0.610. The van der Waals surface area contributed by atoms with E-state index in [0.29, 0.717) is 43.5 Å². The van der Waals surface area contributed by atoms with Crippen molar-refractivity contribution in [3.8, 4) is 0 Å². The smallest absolute Gasteiger partial charge is 0.243 e. The number of aromatic nitrogens is 1. The van der Waals surface area contributed by atoms with Crippen molar-refractivity contribution in [2.45, 2.75) is 18.4 Å². The van der Waals surface area contributed by atoms with E-state index in [1.165, 1.54) is 0 Å². The van der Waals surface area contributed by atoms with Crippen LogP contribution in [0.15, 0.2) is 56.2 Å². The van der Waals surface area contributed by atoms with Gasteiger partial charge in [-0.1, -0.05) is 22.0 Å². The van der Waals surface area contributed by atoms with Crippen LogP contribution in [-0.2, 0) is 16.6 Å². The number of aryl methyl sites for hydroxylation is 1. The van der Waals surface area contributed by atoms with E-state index >= 15 is 0 Å². The molecule has 8 heteroatoms. The van der Waals surface area contributed by atoms with Crippen molar-refractivity contribution in [3.05, 3.63) is 58.4 Å². The fourth-order valence-corrected chi connectivity index (χ4v) is 4.91. The minimum absolute atomic E-state index is 0.327. The van der Waals surface area contributed by atoms with Gasteiger partial charge in [-0.25, -0.2) is 13.4 Å². The van der Waals surface area contributed by atoms with Crippen LogP contribution in [0.4, 0.5) is 0 Å². The van der Waals surface area contributed by atoms with Crippen LogP contribution in [0, 0.1) is 6.92 Å². The van der Waals surface area contributed by atoms with Crippen molar-refractivity contribution in [2.24, 2.45) is 0 Å². The van der Waals surface area contributed by atoms with Crippen LogP contribution in [0.5, 0.6) is 0 Å². The zero-order valence-corrected chi connectivity index (χ0v) is 17.3. The molecule has 0 atom stereocenters. The average Bonchev–Trinajstić information content (AvgIpc) is 3.04. The molecule has 2 aromatic carbocycles. The molecule has 6 nitrogen and oxygen atoms in total. The maximum Gasteiger partial charge on any atom is 0.243 e. The molecular formula is C19H20BrN3O3S. The molecule has 0 aliphatic carbocycles. The van der Waals surface area contributed by atoms with Gasteiger partial charge in [-0.15, -0.1) is 0 Å². The lowest BCUT2D eigenvalue weighted by Gasteiger charge is -2.33. The molecule has 2 heterocycles. The highest BCUT2D eigenvalue weighted by atomic mass is 79.9. The predicted molar refractivity (Wildman–Crippen MR) is 107 cm³/mol. The summed E-state index contributed by atoms with van der Waals surface area (Å²) in [6, 6.07) is 12.7. The second-order valence-electron chi connectivity index (χ2n) is 6.71. The van der Waals surface area contributed by atoms with Crippen LogP contribution in [0.2, 0.25) is 0 Å². The highest BCUT2D eigenvalue weighted by molar-refractivity contribution is 9.10. The summed E-state index contributed by atoms with van der Waals surface area (Å²) in [5.74, 6) is 0.666. The number of fused-ring (bicyclic) bond motifs is 1. The molecule has 0 N–H and O–H groups in total. The molecule has 1 fully saturated rings. The second kappa shape index (κ2) is 7.35. The molecule has 27 heavy (non-hydrogen) atoms. The number of oxazole rings is 1. The first-order chi connectivity index (χ1) is 12.9. The fraction of sp³-hybridized carbons (Fsp3) is 0.316. The van der Waals surface area contributed by atoms with E-state index in [1.807, 2.05) is 25.1 Å². The molecule has 0 bridgehead atoms. The number of benzene rings is 2.